The van der Waals surface area contributed by atoms with Gasteiger partial charge in [0.2, 0.25) is 0 Å². The first kappa shape index (κ1) is 22.5. The molecule has 2 aliphatic heterocycles. The molecular formula is C21H27Cl2N3O2. The second-order valence-electron chi connectivity index (χ2n) is 6.90. The highest BCUT2D eigenvalue weighted by atomic mass is 35.5. The van der Waals surface area contributed by atoms with E-state index < -0.39 is 0 Å². The number of carbonyl (C=O) groups excluding carboxylic acids is 1. The molecule has 5 nitrogen and oxygen atoms in total. The van der Waals surface area contributed by atoms with Crippen LogP contribution in [-0.4, -0.2) is 38.3 Å². The summed E-state index contributed by atoms with van der Waals surface area (Å²) in [5.41, 5.74) is 5.18. The van der Waals surface area contributed by atoms with Crippen LogP contribution in [0.25, 0.3) is 0 Å². The van der Waals surface area contributed by atoms with E-state index in [4.69, 9.17) is 4.74 Å². The minimum Gasteiger partial charge on any atom is -0.367 e. The van der Waals surface area contributed by atoms with Gasteiger partial charge in [-0.2, -0.15) is 0 Å². The molecule has 0 unspecified atom stereocenters. The lowest BCUT2D eigenvalue weighted by molar-refractivity contribution is -0.134. The van der Waals surface area contributed by atoms with Gasteiger partial charge in [-0.05, 0) is 29.2 Å². The molecule has 0 radical (unpaired) electrons. The standard InChI is InChI=1S/C21H25N3O2.2ClH/c25-21(20-14-22-10-12-26-20)23-13-16-5-7-17(8-6-16)15-24-11-9-18-3-1-2-4-19(18)24;;/h1-8,20,22H,9-15H2,(H,23,25);2*1H/t20-;;/m1../s1. The van der Waals surface area contributed by atoms with Gasteiger partial charge in [-0.1, -0.05) is 42.5 Å². The number of rotatable bonds is 5. The maximum absolute atomic E-state index is 12.1. The van der Waals surface area contributed by atoms with Crippen molar-refractivity contribution >= 4 is 36.4 Å². The number of carbonyl (C=O) groups is 1. The largest absolute Gasteiger partial charge is 0.367 e. The van der Waals surface area contributed by atoms with Crippen molar-refractivity contribution in [2.24, 2.45) is 0 Å². The number of amides is 1. The van der Waals surface area contributed by atoms with Gasteiger partial charge in [0.05, 0.1) is 6.61 Å². The molecule has 0 aromatic heterocycles. The minimum absolute atomic E-state index is 0. The molecule has 1 fully saturated rings. The highest BCUT2D eigenvalue weighted by Crippen LogP contribution is 2.28. The van der Waals surface area contributed by atoms with Crippen LogP contribution in [0.15, 0.2) is 48.5 Å². The number of morpholine rings is 1. The predicted octanol–water partition coefficient (Wildman–Crippen LogP) is 2.70. The predicted molar refractivity (Wildman–Crippen MR) is 117 cm³/mol. The number of nitrogens with one attached hydrogen (secondary N) is 2. The summed E-state index contributed by atoms with van der Waals surface area (Å²) in [5.74, 6) is -0.0463. The van der Waals surface area contributed by atoms with Gasteiger partial charge < -0.3 is 20.3 Å². The summed E-state index contributed by atoms with van der Waals surface area (Å²) in [6.45, 7) is 4.52. The Morgan fingerprint density at radius 3 is 2.61 bits per heavy atom. The third-order valence-electron chi connectivity index (χ3n) is 5.07. The Kier molecular flexibility index (Phi) is 8.58. The molecule has 2 heterocycles. The molecule has 0 spiro atoms. The Labute approximate surface area is 178 Å². The van der Waals surface area contributed by atoms with Gasteiger partial charge in [-0.3, -0.25) is 4.79 Å². The molecule has 2 aromatic carbocycles. The average molecular weight is 424 g/mol. The van der Waals surface area contributed by atoms with E-state index in [-0.39, 0.29) is 36.8 Å². The second kappa shape index (κ2) is 10.7. The first-order chi connectivity index (χ1) is 12.8. The smallest absolute Gasteiger partial charge is 0.250 e. The van der Waals surface area contributed by atoms with Crippen molar-refractivity contribution in [3.63, 3.8) is 0 Å². The van der Waals surface area contributed by atoms with Gasteiger partial charge in [-0.15, -0.1) is 24.8 Å². The molecule has 28 heavy (non-hydrogen) atoms. The van der Waals surface area contributed by atoms with E-state index in [1.807, 2.05) is 0 Å². The van der Waals surface area contributed by atoms with E-state index >= 15 is 0 Å². The Balaban J connectivity index is 0.00000140. The zero-order valence-electron chi connectivity index (χ0n) is 15.7. The molecule has 2 N–H and O–H groups in total. The number of anilines is 1. The van der Waals surface area contributed by atoms with Crippen LogP contribution in [0.3, 0.4) is 0 Å². The Morgan fingerprint density at radius 2 is 1.86 bits per heavy atom. The number of hydrogen-bond donors (Lipinski definition) is 2. The average Bonchev–Trinajstić information content (AvgIpc) is 3.11. The van der Waals surface area contributed by atoms with Crippen molar-refractivity contribution in [2.75, 3.05) is 31.1 Å². The van der Waals surface area contributed by atoms with Gasteiger partial charge in [0.25, 0.3) is 5.91 Å². The summed E-state index contributed by atoms with van der Waals surface area (Å²) in [6, 6.07) is 17.1. The maximum atomic E-state index is 12.1. The highest BCUT2D eigenvalue weighted by molar-refractivity contribution is 5.85. The van der Waals surface area contributed by atoms with Crippen molar-refractivity contribution in [1.82, 2.24) is 10.6 Å². The Morgan fingerprint density at radius 1 is 1.11 bits per heavy atom. The monoisotopic (exact) mass is 423 g/mol. The van der Waals surface area contributed by atoms with Crippen LogP contribution in [0, 0.1) is 0 Å². The lowest BCUT2D eigenvalue weighted by atomic mass is 10.1. The van der Waals surface area contributed by atoms with E-state index in [1.165, 1.54) is 16.8 Å². The highest BCUT2D eigenvalue weighted by Gasteiger charge is 2.21. The third kappa shape index (κ3) is 5.39. The van der Waals surface area contributed by atoms with Crippen LogP contribution in [0.1, 0.15) is 16.7 Å². The van der Waals surface area contributed by atoms with E-state index in [0.717, 1.165) is 31.6 Å². The van der Waals surface area contributed by atoms with Crippen LogP contribution in [0.2, 0.25) is 0 Å². The molecule has 2 aliphatic rings. The van der Waals surface area contributed by atoms with Crippen LogP contribution in [-0.2, 0) is 29.0 Å². The van der Waals surface area contributed by atoms with E-state index in [0.29, 0.717) is 19.7 Å². The summed E-state index contributed by atoms with van der Waals surface area (Å²) in [5, 5.41) is 6.13. The first-order valence-corrected chi connectivity index (χ1v) is 9.30. The molecule has 152 valence electrons. The molecular weight excluding hydrogens is 397 g/mol. The molecule has 0 aliphatic carbocycles. The molecule has 0 bridgehead atoms. The molecule has 1 amide bonds. The van der Waals surface area contributed by atoms with Gasteiger partial charge in [0.15, 0.2) is 0 Å². The van der Waals surface area contributed by atoms with Gasteiger partial charge in [0, 0.05) is 38.4 Å². The van der Waals surface area contributed by atoms with Crippen molar-refractivity contribution in [1.29, 1.82) is 0 Å². The number of ether oxygens (including phenoxy) is 1. The zero-order chi connectivity index (χ0) is 17.8. The van der Waals surface area contributed by atoms with E-state index in [1.54, 1.807) is 0 Å². The summed E-state index contributed by atoms with van der Waals surface area (Å²) in [6.07, 6.45) is 0.747. The van der Waals surface area contributed by atoms with E-state index in [9.17, 15) is 4.79 Å². The van der Waals surface area contributed by atoms with Crippen molar-refractivity contribution in [3.05, 3.63) is 65.2 Å². The third-order valence-corrected chi connectivity index (χ3v) is 5.07. The second-order valence-corrected chi connectivity index (χ2v) is 6.90. The summed E-state index contributed by atoms with van der Waals surface area (Å²) >= 11 is 0. The maximum Gasteiger partial charge on any atom is 0.250 e. The molecule has 0 saturated carbocycles. The Hall–Kier alpha value is -1.79. The van der Waals surface area contributed by atoms with Crippen LogP contribution < -0.4 is 15.5 Å². The van der Waals surface area contributed by atoms with Crippen molar-refractivity contribution in [2.45, 2.75) is 25.6 Å². The number of nitrogens with zero attached hydrogens (tertiary/aromatic N) is 1. The normalized spacial score (nSPS) is 17.9. The van der Waals surface area contributed by atoms with Crippen LogP contribution in [0.5, 0.6) is 0 Å². The van der Waals surface area contributed by atoms with Crippen molar-refractivity contribution < 1.29 is 9.53 Å². The number of benzene rings is 2. The lowest BCUT2D eigenvalue weighted by Gasteiger charge is -2.22. The van der Waals surface area contributed by atoms with Gasteiger partial charge in [0.1, 0.15) is 6.10 Å². The molecule has 1 atom stereocenters. The van der Waals surface area contributed by atoms with Crippen LogP contribution in [0.4, 0.5) is 5.69 Å². The SMILES string of the molecule is Cl.Cl.O=C(NCc1ccc(CN2CCc3ccccc32)cc1)[C@H]1CNCCO1. The quantitative estimate of drug-likeness (QED) is 0.775. The minimum atomic E-state index is -0.377. The molecule has 1 saturated heterocycles. The lowest BCUT2D eigenvalue weighted by Crippen LogP contribution is -2.47. The fraction of sp³-hybridized carbons (Fsp3) is 0.381. The summed E-state index contributed by atoms with van der Waals surface area (Å²) < 4.78 is 5.47. The number of fused-ring (bicyclic) bond motifs is 1. The van der Waals surface area contributed by atoms with Gasteiger partial charge >= 0.3 is 0 Å². The summed E-state index contributed by atoms with van der Waals surface area (Å²) in [7, 11) is 0. The summed E-state index contributed by atoms with van der Waals surface area (Å²) in [4.78, 5) is 14.5. The number of halogens is 2. The molecule has 2 aromatic rings. The number of hydrogen-bond acceptors (Lipinski definition) is 4. The van der Waals surface area contributed by atoms with Crippen LogP contribution >= 0.6 is 24.8 Å². The Bertz CT molecular complexity index is 765. The van der Waals surface area contributed by atoms with E-state index in [2.05, 4.69) is 64.1 Å². The molecule has 7 heteroatoms. The fourth-order valence-corrected chi connectivity index (χ4v) is 3.59. The molecule has 4 rings (SSSR count). The number of para-hydroxylation sites is 1. The zero-order valence-corrected chi connectivity index (χ0v) is 17.4. The first-order valence-electron chi connectivity index (χ1n) is 9.30. The van der Waals surface area contributed by atoms with Crippen molar-refractivity contribution in [3.8, 4) is 0 Å². The fourth-order valence-electron chi connectivity index (χ4n) is 3.59. The van der Waals surface area contributed by atoms with Gasteiger partial charge in [-0.25, -0.2) is 0 Å². The topological polar surface area (TPSA) is 53.6 Å².